The van der Waals surface area contributed by atoms with Crippen molar-refractivity contribution in [2.45, 2.75) is 25.4 Å². The molecule has 1 atom stereocenters. The van der Waals surface area contributed by atoms with Crippen molar-refractivity contribution in [3.8, 4) is 5.75 Å². The van der Waals surface area contributed by atoms with Gasteiger partial charge < -0.3 is 19.7 Å². The number of rotatable bonds is 5. The summed E-state index contributed by atoms with van der Waals surface area (Å²) in [6.07, 6.45) is -0.832. The quantitative estimate of drug-likeness (QED) is 0.844. The number of ether oxygens (including phenoxy) is 2. The van der Waals surface area contributed by atoms with E-state index in [0.29, 0.717) is 12.2 Å². The van der Waals surface area contributed by atoms with Gasteiger partial charge in [0.05, 0.1) is 13.2 Å². The van der Waals surface area contributed by atoms with Crippen molar-refractivity contribution in [3.63, 3.8) is 0 Å². The predicted octanol–water partition coefficient (Wildman–Crippen LogP) is 1.49. The largest absolute Gasteiger partial charge is 0.492 e. The van der Waals surface area contributed by atoms with Crippen LogP contribution >= 0.6 is 0 Å². The molecule has 1 aromatic carbocycles. The van der Waals surface area contributed by atoms with Gasteiger partial charge in [0.2, 0.25) is 0 Å². The molecular weight excluding hydrogens is 248 g/mol. The molecule has 1 aliphatic rings. The summed E-state index contributed by atoms with van der Waals surface area (Å²) in [4.78, 5) is 10.3. The van der Waals surface area contributed by atoms with Gasteiger partial charge in [-0.05, 0) is 17.7 Å². The molecule has 5 nitrogen and oxygen atoms in total. The van der Waals surface area contributed by atoms with E-state index in [4.69, 9.17) is 14.6 Å². The highest BCUT2D eigenvalue weighted by Crippen LogP contribution is 2.39. The maximum atomic E-state index is 10.3. The van der Waals surface area contributed by atoms with E-state index >= 15 is 0 Å². The van der Waals surface area contributed by atoms with Crippen LogP contribution in [-0.4, -0.2) is 36.0 Å². The second-order valence-corrected chi connectivity index (χ2v) is 5.35. The first-order valence-electron chi connectivity index (χ1n) is 6.15. The van der Waals surface area contributed by atoms with Crippen LogP contribution in [0.4, 0.5) is 0 Å². The maximum Gasteiger partial charge on any atom is 0.329 e. The zero-order valence-corrected chi connectivity index (χ0v) is 11.0. The molecule has 0 radical (unpaired) electrons. The zero-order chi connectivity index (χ0) is 14.0. The molecule has 2 N–H and O–H groups in total. The maximum absolute atomic E-state index is 10.3. The molecule has 2 rings (SSSR count). The highest BCUT2D eigenvalue weighted by Gasteiger charge is 2.32. The number of benzene rings is 1. The van der Waals surface area contributed by atoms with Gasteiger partial charge >= 0.3 is 5.97 Å². The average Bonchev–Trinajstić information content (AvgIpc) is 2.64. The van der Waals surface area contributed by atoms with E-state index < -0.39 is 18.7 Å². The summed E-state index contributed by atoms with van der Waals surface area (Å²) in [6, 6.07) is 5.51. The van der Waals surface area contributed by atoms with Crippen LogP contribution in [-0.2, 0) is 14.9 Å². The van der Waals surface area contributed by atoms with Gasteiger partial charge in [-0.3, -0.25) is 0 Å². The Kier molecular flexibility index (Phi) is 3.78. The summed E-state index contributed by atoms with van der Waals surface area (Å²) in [6.45, 7) is 4.34. The Hall–Kier alpha value is -1.59. The third-order valence-corrected chi connectivity index (χ3v) is 3.21. The van der Waals surface area contributed by atoms with E-state index in [2.05, 4.69) is 13.8 Å². The van der Waals surface area contributed by atoms with Crippen molar-refractivity contribution in [1.82, 2.24) is 0 Å². The van der Waals surface area contributed by atoms with Gasteiger partial charge in [0.1, 0.15) is 18.5 Å². The molecule has 1 heterocycles. The zero-order valence-electron chi connectivity index (χ0n) is 11.0. The molecule has 0 bridgehead atoms. The summed E-state index contributed by atoms with van der Waals surface area (Å²) in [5, 5.41) is 18.4. The number of aliphatic hydroxyl groups excluding tert-OH is 1. The van der Waals surface area contributed by atoms with Gasteiger partial charge in [-0.1, -0.05) is 19.9 Å². The number of fused-ring (bicyclic) bond motifs is 1. The fourth-order valence-corrected chi connectivity index (χ4v) is 2.10. The van der Waals surface area contributed by atoms with Crippen LogP contribution in [0, 0.1) is 0 Å². The SMILES string of the molecule is CC1(C)COc2ccc(C(O)COCC(=O)O)cc21. The number of aliphatic carboxylic acids is 1. The number of hydrogen-bond donors (Lipinski definition) is 2. The second-order valence-electron chi connectivity index (χ2n) is 5.35. The van der Waals surface area contributed by atoms with Crippen LogP contribution in [0.25, 0.3) is 0 Å². The molecule has 0 fully saturated rings. The Morgan fingerprint density at radius 3 is 2.95 bits per heavy atom. The van der Waals surface area contributed by atoms with E-state index in [-0.39, 0.29) is 12.0 Å². The second kappa shape index (κ2) is 5.19. The first-order chi connectivity index (χ1) is 8.90. The number of carbonyl (C=O) groups is 1. The lowest BCUT2D eigenvalue weighted by Crippen LogP contribution is -2.19. The van der Waals surface area contributed by atoms with Crippen molar-refractivity contribution in [2.24, 2.45) is 0 Å². The van der Waals surface area contributed by atoms with Crippen LogP contribution in [0.5, 0.6) is 5.75 Å². The fraction of sp³-hybridized carbons (Fsp3) is 0.500. The first-order valence-corrected chi connectivity index (χ1v) is 6.15. The smallest absolute Gasteiger partial charge is 0.329 e. The summed E-state index contributed by atoms with van der Waals surface area (Å²) >= 11 is 0. The van der Waals surface area contributed by atoms with Crippen LogP contribution < -0.4 is 4.74 Å². The topological polar surface area (TPSA) is 76.0 Å². The summed E-state index contributed by atoms with van der Waals surface area (Å²) in [7, 11) is 0. The normalized spacial score (nSPS) is 17.6. The lowest BCUT2D eigenvalue weighted by molar-refractivity contribution is -0.143. The molecule has 0 saturated carbocycles. The Morgan fingerprint density at radius 1 is 1.53 bits per heavy atom. The molecule has 104 valence electrons. The lowest BCUT2D eigenvalue weighted by Gasteiger charge is -2.17. The molecule has 1 unspecified atom stereocenters. The van der Waals surface area contributed by atoms with Gasteiger partial charge in [-0.15, -0.1) is 0 Å². The van der Waals surface area contributed by atoms with Crippen molar-refractivity contribution in [3.05, 3.63) is 29.3 Å². The molecule has 19 heavy (non-hydrogen) atoms. The molecule has 1 aromatic rings. The third kappa shape index (κ3) is 3.05. The standard InChI is InChI=1S/C14H18O5/c1-14(2)8-19-12-4-3-9(5-10(12)14)11(15)6-18-7-13(16)17/h3-5,11,15H,6-8H2,1-2H3,(H,16,17). The average molecular weight is 266 g/mol. The molecule has 0 spiro atoms. The molecule has 0 aromatic heterocycles. The Bertz CT molecular complexity index is 481. The van der Waals surface area contributed by atoms with Gasteiger partial charge in [0.15, 0.2) is 0 Å². The van der Waals surface area contributed by atoms with Crippen LogP contribution in [0.3, 0.4) is 0 Å². The molecular formula is C14H18O5. The van der Waals surface area contributed by atoms with Crippen molar-refractivity contribution in [2.75, 3.05) is 19.8 Å². The summed E-state index contributed by atoms with van der Waals surface area (Å²) in [5.74, 6) is -0.205. The van der Waals surface area contributed by atoms with Gasteiger partial charge in [0, 0.05) is 11.0 Å². The lowest BCUT2D eigenvalue weighted by atomic mass is 9.85. The molecule has 0 amide bonds. The van der Waals surface area contributed by atoms with Gasteiger partial charge in [-0.2, -0.15) is 0 Å². The number of carboxylic acids is 1. The van der Waals surface area contributed by atoms with E-state index in [1.54, 1.807) is 6.07 Å². The molecule has 0 saturated heterocycles. The Morgan fingerprint density at radius 2 is 2.26 bits per heavy atom. The number of hydrogen-bond acceptors (Lipinski definition) is 4. The number of aliphatic hydroxyl groups is 1. The molecule has 1 aliphatic heterocycles. The monoisotopic (exact) mass is 266 g/mol. The minimum absolute atomic E-state index is 0.0353. The summed E-state index contributed by atoms with van der Waals surface area (Å²) in [5.41, 5.74) is 1.69. The van der Waals surface area contributed by atoms with Crippen LogP contribution in [0.1, 0.15) is 31.1 Å². The Labute approximate surface area is 111 Å². The van der Waals surface area contributed by atoms with E-state index in [9.17, 15) is 9.90 Å². The summed E-state index contributed by atoms with van der Waals surface area (Å²) < 4.78 is 10.5. The highest BCUT2D eigenvalue weighted by molar-refractivity contribution is 5.68. The van der Waals surface area contributed by atoms with Crippen LogP contribution in [0.15, 0.2) is 18.2 Å². The minimum Gasteiger partial charge on any atom is -0.492 e. The van der Waals surface area contributed by atoms with E-state index in [1.807, 2.05) is 12.1 Å². The Balaban J connectivity index is 2.07. The van der Waals surface area contributed by atoms with Crippen molar-refractivity contribution in [1.29, 1.82) is 0 Å². The van der Waals surface area contributed by atoms with E-state index in [0.717, 1.165) is 11.3 Å². The van der Waals surface area contributed by atoms with Crippen LogP contribution in [0.2, 0.25) is 0 Å². The first kappa shape index (κ1) is 13.8. The molecule has 0 aliphatic carbocycles. The predicted molar refractivity (Wildman–Crippen MR) is 68.4 cm³/mol. The van der Waals surface area contributed by atoms with E-state index in [1.165, 1.54) is 0 Å². The molecule has 5 heteroatoms. The van der Waals surface area contributed by atoms with Gasteiger partial charge in [-0.25, -0.2) is 4.79 Å². The minimum atomic E-state index is -1.05. The highest BCUT2D eigenvalue weighted by atomic mass is 16.5. The van der Waals surface area contributed by atoms with Crippen molar-refractivity contribution < 1.29 is 24.5 Å². The third-order valence-electron chi connectivity index (χ3n) is 3.21. The fourth-order valence-electron chi connectivity index (χ4n) is 2.10. The number of carboxylic acid groups (broad SMARTS) is 1. The van der Waals surface area contributed by atoms with Gasteiger partial charge in [0.25, 0.3) is 0 Å². The van der Waals surface area contributed by atoms with Crippen molar-refractivity contribution >= 4 is 5.97 Å².